The van der Waals surface area contributed by atoms with Gasteiger partial charge in [-0.1, -0.05) is 25.1 Å². The van der Waals surface area contributed by atoms with Gasteiger partial charge in [0, 0.05) is 19.6 Å². The molecular weight excluding hydrogens is 271 g/mol. The van der Waals surface area contributed by atoms with Crippen LogP contribution in [0.25, 0.3) is 0 Å². The molecule has 0 spiro atoms. The standard InChI is InChI=1S/C14H16F3NO2/c1-9(13(19)20)11-7-18(8-11)6-10-3-2-4-12(5-10)14(15,16)17/h2-5,9,11H,6-8H2,1H3,(H,19,20). The molecule has 1 unspecified atom stereocenters. The fourth-order valence-electron chi connectivity index (χ4n) is 2.36. The largest absolute Gasteiger partial charge is 0.481 e. The van der Waals surface area contributed by atoms with Crippen molar-refractivity contribution in [1.82, 2.24) is 4.90 Å². The molecule has 1 saturated heterocycles. The lowest BCUT2D eigenvalue weighted by Gasteiger charge is -2.41. The smallest absolute Gasteiger partial charge is 0.416 e. The Kier molecular flexibility index (Phi) is 4.04. The summed E-state index contributed by atoms with van der Waals surface area (Å²) in [5.74, 6) is -1.15. The normalized spacial score (nSPS) is 18.6. The van der Waals surface area contributed by atoms with Gasteiger partial charge in [-0.15, -0.1) is 0 Å². The molecule has 3 nitrogen and oxygen atoms in total. The van der Waals surface area contributed by atoms with Crippen LogP contribution in [0.2, 0.25) is 0 Å². The summed E-state index contributed by atoms with van der Waals surface area (Å²) < 4.78 is 37.7. The zero-order chi connectivity index (χ0) is 14.9. The first-order chi connectivity index (χ1) is 9.27. The molecule has 1 aliphatic rings. The molecule has 1 aromatic carbocycles. The van der Waals surface area contributed by atoms with Crippen molar-refractivity contribution in [3.05, 3.63) is 35.4 Å². The SMILES string of the molecule is CC(C(=O)O)C1CN(Cc2cccc(C(F)(F)F)c2)C1. The molecular formula is C14H16F3NO2. The summed E-state index contributed by atoms with van der Waals surface area (Å²) in [4.78, 5) is 12.8. The molecule has 0 aliphatic carbocycles. The van der Waals surface area contributed by atoms with E-state index in [1.165, 1.54) is 6.07 Å². The molecule has 6 heteroatoms. The Morgan fingerprint density at radius 3 is 2.65 bits per heavy atom. The molecule has 0 radical (unpaired) electrons. The first kappa shape index (κ1) is 14.8. The van der Waals surface area contributed by atoms with E-state index >= 15 is 0 Å². The quantitative estimate of drug-likeness (QED) is 0.925. The number of carboxylic acids is 1. The van der Waals surface area contributed by atoms with Crippen molar-refractivity contribution in [2.45, 2.75) is 19.6 Å². The molecule has 0 saturated carbocycles. The maximum absolute atomic E-state index is 12.6. The lowest BCUT2D eigenvalue weighted by atomic mass is 9.87. The molecule has 0 amide bonds. The van der Waals surface area contributed by atoms with E-state index in [1.54, 1.807) is 13.0 Å². The molecule has 1 aromatic rings. The van der Waals surface area contributed by atoms with Gasteiger partial charge in [-0.3, -0.25) is 9.69 Å². The number of aliphatic carboxylic acids is 1. The molecule has 1 N–H and O–H groups in total. The zero-order valence-corrected chi connectivity index (χ0v) is 11.0. The van der Waals surface area contributed by atoms with Gasteiger partial charge < -0.3 is 5.11 Å². The Bertz CT molecular complexity index is 495. The summed E-state index contributed by atoms with van der Waals surface area (Å²) in [6, 6.07) is 5.25. The minimum atomic E-state index is -4.33. The lowest BCUT2D eigenvalue weighted by Crippen LogP contribution is -2.50. The first-order valence-corrected chi connectivity index (χ1v) is 6.38. The molecule has 20 heavy (non-hydrogen) atoms. The number of hydrogen-bond acceptors (Lipinski definition) is 2. The number of carbonyl (C=O) groups is 1. The number of rotatable bonds is 4. The minimum absolute atomic E-state index is 0.0818. The van der Waals surface area contributed by atoms with Crippen molar-refractivity contribution in [3.8, 4) is 0 Å². The number of likely N-dealkylation sites (tertiary alicyclic amines) is 1. The average molecular weight is 287 g/mol. The van der Waals surface area contributed by atoms with Gasteiger partial charge in [0.15, 0.2) is 0 Å². The minimum Gasteiger partial charge on any atom is -0.481 e. The maximum atomic E-state index is 12.6. The molecule has 110 valence electrons. The predicted octanol–water partition coefficient (Wildman–Crippen LogP) is 2.86. The van der Waals surface area contributed by atoms with Gasteiger partial charge in [0.1, 0.15) is 0 Å². The fraction of sp³-hybridized carbons (Fsp3) is 0.500. The van der Waals surface area contributed by atoms with Crippen LogP contribution in [0.4, 0.5) is 13.2 Å². The van der Waals surface area contributed by atoms with Gasteiger partial charge in [0.05, 0.1) is 11.5 Å². The van der Waals surface area contributed by atoms with Gasteiger partial charge in [0.2, 0.25) is 0 Å². The third-order valence-corrected chi connectivity index (χ3v) is 3.74. The van der Waals surface area contributed by atoms with Gasteiger partial charge in [-0.2, -0.15) is 13.2 Å². The van der Waals surface area contributed by atoms with Crippen molar-refractivity contribution in [2.24, 2.45) is 11.8 Å². The average Bonchev–Trinajstić information content (AvgIpc) is 2.31. The number of halogens is 3. The Morgan fingerprint density at radius 2 is 2.10 bits per heavy atom. The molecule has 1 atom stereocenters. The van der Waals surface area contributed by atoms with E-state index in [-0.39, 0.29) is 5.92 Å². The van der Waals surface area contributed by atoms with Crippen molar-refractivity contribution >= 4 is 5.97 Å². The second-order valence-corrected chi connectivity index (χ2v) is 5.28. The van der Waals surface area contributed by atoms with E-state index in [0.29, 0.717) is 25.2 Å². The highest BCUT2D eigenvalue weighted by Gasteiger charge is 2.35. The summed E-state index contributed by atoms with van der Waals surface area (Å²) in [5, 5.41) is 8.88. The van der Waals surface area contributed by atoms with Crippen molar-refractivity contribution in [1.29, 1.82) is 0 Å². The summed E-state index contributed by atoms with van der Waals surface area (Å²) in [6.07, 6.45) is -4.33. The number of hydrogen-bond donors (Lipinski definition) is 1. The van der Waals surface area contributed by atoms with Crippen molar-refractivity contribution < 1.29 is 23.1 Å². The highest BCUT2D eigenvalue weighted by Crippen LogP contribution is 2.31. The van der Waals surface area contributed by atoms with Gasteiger partial charge in [-0.25, -0.2) is 0 Å². The molecule has 1 heterocycles. The number of nitrogens with zero attached hydrogens (tertiary/aromatic N) is 1. The molecule has 0 bridgehead atoms. The van der Waals surface area contributed by atoms with Crippen LogP contribution in [0.15, 0.2) is 24.3 Å². The van der Waals surface area contributed by atoms with Gasteiger partial charge >= 0.3 is 12.1 Å². The van der Waals surface area contributed by atoms with Crippen LogP contribution in [0.1, 0.15) is 18.1 Å². The van der Waals surface area contributed by atoms with Crippen molar-refractivity contribution in [2.75, 3.05) is 13.1 Å². The van der Waals surface area contributed by atoms with Gasteiger partial charge in [-0.05, 0) is 17.5 Å². The number of benzene rings is 1. The third kappa shape index (κ3) is 3.30. The maximum Gasteiger partial charge on any atom is 0.416 e. The van der Waals surface area contributed by atoms with Crippen LogP contribution >= 0.6 is 0 Å². The summed E-state index contributed by atoms with van der Waals surface area (Å²) >= 11 is 0. The van der Waals surface area contributed by atoms with Crippen molar-refractivity contribution in [3.63, 3.8) is 0 Å². The van der Waals surface area contributed by atoms with Crippen LogP contribution in [-0.4, -0.2) is 29.1 Å². The van der Waals surface area contributed by atoms with E-state index in [1.807, 2.05) is 4.90 Å². The zero-order valence-electron chi connectivity index (χ0n) is 11.0. The Balaban J connectivity index is 1.92. The van der Waals surface area contributed by atoms with Crippen LogP contribution in [0, 0.1) is 11.8 Å². The highest BCUT2D eigenvalue weighted by molar-refractivity contribution is 5.70. The molecule has 1 fully saturated rings. The van der Waals surface area contributed by atoms with Gasteiger partial charge in [0.25, 0.3) is 0 Å². The second-order valence-electron chi connectivity index (χ2n) is 5.28. The van der Waals surface area contributed by atoms with Crippen LogP contribution in [0.5, 0.6) is 0 Å². The first-order valence-electron chi connectivity index (χ1n) is 6.38. The van der Waals surface area contributed by atoms with E-state index < -0.39 is 23.6 Å². The topological polar surface area (TPSA) is 40.5 Å². The molecule has 0 aromatic heterocycles. The van der Waals surface area contributed by atoms with E-state index in [0.717, 1.165) is 12.1 Å². The third-order valence-electron chi connectivity index (χ3n) is 3.74. The predicted molar refractivity (Wildman–Crippen MR) is 67.0 cm³/mol. The van der Waals surface area contributed by atoms with Crippen LogP contribution in [0.3, 0.4) is 0 Å². The monoisotopic (exact) mass is 287 g/mol. The summed E-state index contributed by atoms with van der Waals surface area (Å²) in [6.45, 7) is 3.31. The Hall–Kier alpha value is -1.56. The summed E-state index contributed by atoms with van der Waals surface area (Å²) in [7, 11) is 0. The lowest BCUT2D eigenvalue weighted by molar-refractivity contribution is -0.145. The second kappa shape index (κ2) is 5.44. The Labute approximate surface area is 115 Å². The summed E-state index contributed by atoms with van der Waals surface area (Å²) in [5.41, 5.74) is -0.0489. The fourth-order valence-corrected chi connectivity index (χ4v) is 2.36. The molecule has 2 rings (SSSR count). The highest BCUT2D eigenvalue weighted by atomic mass is 19.4. The van der Waals surface area contributed by atoms with E-state index in [9.17, 15) is 18.0 Å². The van der Waals surface area contributed by atoms with E-state index in [4.69, 9.17) is 5.11 Å². The van der Waals surface area contributed by atoms with Crippen LogP contribution in [-0.2, 0) is 17.5 Å². The number of alkyl halides is 3. The molecule has 1 aliphatic heterocycles. The van der Waals surface area contributed by atoms with Crippen LogP contribution < -0.4 is 0 Å². The van der Waals surface area contributed by atoms with E-state index in [2.05, 4.69) is 0 Å². The Morgan fingerprint density at radius 1 is 1.45 bits per heavy atom. The number of carboxylic acid groups (broad SMARTS) is 1.